The molecule has 0 unspecified atom stereocenters. The van der Waals surface area contributed by atoms with Gasteiger partial charge in [0, 0.05) is 17.1 Å². The number of nitrogens with zero attached hydrogens (tertiary/aromatic N) is 2. The minimum atomic E-state index is -0.485. The van der Waals surface area contributed by atoms with Crippen LogP contribution in [-0.2, 0) is 13.2 Å². The van der Waals surface area contributed by atoms with Crippen LogP contribution in [0.25, 0.3) is 5.69 Å². The van der Waals surface area contributed by atoms with Gasteiger partial charge in [-0.1, -0.05) is 29.3 Å². The van der Waals surface area contributed by atoms with Crippen molar-refractivity contribution in [2.45, 2.75) is 34.0 Å². The highest BCUT2D eigenvalue weighted by Crippen LogP contribution is 2.30. The van der Waals surface area contributed by atoms with E-state index in [4.69, 9.17) is 41.8 Å². The maximum Gasteiger partial charge on any atom is 0.307 e. The largest absolute Gasteiger partial charge is 0.490 e. The lowest BCUT2D eigenvalue weighted by Crippen LogP contribution is -2.16. The molecule has 0 fully saturated rings. The second-order valence-corrected chi connectivity index (χ2v) is 10.7. The van der Waals surface area contributed by atoms with E-state index in [1.165, 1.54) is 6.21 Å². The number of aromatic nitrogens is 1. The number of nitrogens with one attached hydrogen (secondary N) is 1. The predicted octanol–water partition coefficient (Wildman–Crippen LogP) is 8.31. The van der Waals surface area contributed by atoms with Crippen LogP contribution >= 0.6 is 23.2 Å². The number of ether oxygens (including phenoxy) is 3. The average Bonchev–Trinajstić information content (AvgIpc) is 3.63. The molecule has 5 rings (SSSR count). The highest BCUT2D eigenvalue weighted by molar-refractivity contribution is 6.42. The summed E-state index contributed by atoms with van der Waals surface area (Å²) in [6.07, 6.45) is 1.51. The first-order valence-electron chi connectivity index (χ1n) is 13.9. The number of rotatable bonds is 12. The summed E-state index contributed by atoms with van der Waals surface area (Å²) in [5.74, 6) is 1.95. The SMILES string of the molecule is CCOc1cc(/C=N/NC(=O)c2ccc(COc3ccc(-n4c(C)ccc4C)cc3)o2)ccc1OCc1ccc(Cl)c(Cl)c1. The van der Waals surface area contributed by atoms with Gasteiger partial charge in [-0.3, -0.25) is 4.79 Å². The third-order valence-electron chi connectivity index (χ3n) is 6.66. The van der Waals surface area contributed by atoms with E-state index < -0.39 is 5.91 Å². The van der Waals surface area contributed by atoms with E-state index >= 15 is 0 Å². The Balaban J connectivity index is 1.13. The highest BCUT2D eigenvalue weighted by atomic mass is 35.5. The Bertz CT molecular complexity index is 1760. The summed E-state index contributed by atoms with van der Waals surface area (Å²) in [6, 6.07) is 26.0. The lowest BCUT2D eigenvalue weighted by Gasteiger charge is -2.13. The van der Waals surface area contributed by atoms with Gasteiger partial charge in [0.2, 0.25) is 0 Å². The van der Waals surface area contributed by atoms with E-state index in [9.17, 15) is 4.79 Å². The summed E-state index contributed by atoms with van der Waals surface area (Å²) in [6.45, 7) is 6.94. The maximum absolute atomic E-state index is 12.6. The number of carbonyl (C=O) groups excluding carboxylic acids is 1. The van der Waals surface area contributed by atoms with Crippen molar-refractivity contribution in [3.8, 4) is 22.9 Å². The lowest BCUT2D eigenvalue weighted by molar-refractivity contribution is 0.0923. The normalized spacial score (nSPS) is 11.1. The van der Waals surface area contributed by atoms with Crippen LogP contribution < -0.4 is 19.6 Å². The second-order valence-electron chi connectivity index (χ2n) is 9.88. The molecule has 2 heterocycles. The fourth-order valence-electron chi connectivity index (χ4n) is 4.50. The first-order valence-corrected chi connectivity index (χ1v) is 14.7. The molecular formula is C34H31Cl2N3O5. The van der Waals surface area contributed by atoms with Crippen molar-refractivity contribution in [3.63, 3.8) is 0 Å². The number of benzene rings is 3. The molecular weight excluding hydrogens is 601 g/mol. The molecule has 0 atom stereocenters. The van der Waals surface area contributed by atoms with E-state index in [0.717, 1.165) is 22.6 Å². The van der Waals surface area contributed by atoms with Crippen LogP contribution in [0.5, 0.6) is 17.2 Å². The second kappa shape index (κ2) is 14.2. The smallest absolute Gasteiger partial charge is 0.307 e. The summed E-state index contributed by atoms with van der Waals surface area (Å²) >= 11 is 12.1. The van der Waals surface area contributed by atoms with E-state index in [2.05, 4.69) is 41.1 Å². The minimum absolute atomic E-state index is 0.121. The first kappa shape index (κ1) is 30.8. The Morgan fingerprint density at radius 2 is 1.61 bits per heavy atom. The van der Waals surface area contributed by atoms with Crippen LogP contribution in [0.3, 0.4) is 0 Å². The summed E-state index contributed by atoms with van der Waals surface area (Å²) in [7, 11) is 0. The van der Waals surface area contributed by atoms with Crippen LogP contribution in [0, 0.1) is 13.8 Å². The minimum Gasteiger partial charge on any atom is -0.490 e. The number of amides is 1. The van der Waals surface area contributed by atoms with Crippen molar-refractivity contribution in [2.24, 2.45) is 5.10 Å². The molecule has 3 aromatic carbocycles. The van der Waals surface area contributed by atoms with Gasteiger partial charge in [-0.15, -0.1) is 0 Å². The summed E-state index contributed by atoms with van der Waals surface area (Å²) in [5, 5.41) is 5.01. The highest BCUT2D eigenvalue weighted by Gasteiger charge is 2.12. The molecule has 1 amide bonds. The van der Waals surface area contributed by atoms with Crippen molar-refractivity contribution >= 4 is 35.3 Å². The third kappa shape index (κ3) is 7.64. The summed E-state index contributed by atoms with van der Waals surface area (Å²) in [5.41, 5.74) is 7.45. The predicted molar refractivity (Wildman–Crippen MR) is 172 cm³/mol. The number of hydrogen-bond acceptors (Lipinski definition) is 6. The third-order valence-corrected chi connectivity index (χ3v) is 7.40. The van der Waals surface area contributed by atoms with E-state index in [1.807, 2.05) is 37.3 Å². The molecule has 0 aliphatic heterocycles. The van der Waals surface area contributed by atoms with Crippen LogP contribution in [0.15, 0.2) is 94.4 Å². The molecule has 10 heteroatoms. The van der Waals surface area contributed by atoms with Crippen LogP contribution in [0.2, 0.25) is 10.0 Å². The average molecular weight is 633 g/mol. The Kier molecular flexibility index (Phi) is 9.94. The summed E-state index contributed by atoms with van der Waals surface area (Å²) in [4.78, 5) is 12.6. The molecule has 0 spiro atoms. The number of hydrogen-bond donors (Lipinski definition) is 1. The monoisotopic (exact) mass is 631 g/mol. The molecule has 0 aliphatic carbocycles. The molecule has 0 saturated heterocycles. The van der Waals surface area contributed by atoms with Crippen molar-refractivity contribution < 1.29 is 23.4 Å². The molecule has 0 bridgehead atoms. The Labute approximate surface area is 265 Å². The number of carbonyl (C=O) groups is 1. The van der Waals surface area contributed by atoms with Crippen molar-refractivity contribution in [3.05, 3.63) is 129 Å². The van der Waals surface area contributed by atoms with E-state index in [-0.39, 0.29) is 19.0 Å². The zero-order valence-corrected chi connectivity index (χ0v) is 26.0. The van der Waals surface area contributed by atoms with Crippen molar-refractivity contribution in [2.75, 3.05) is 6.61 Å². The van der Waals surface area contributed by atoms with Gasteiger partial charge in [0.15, 0.2) is 17.3 Å². The molecule has 0 saturated carbocycles. The number of hydrazone groups is 1. The standard InChI is InChI=1S/C34H31Cl2N3O5/c1-4-41-33-18-24(8-15-31(33)43-20-25-7-14-29(35)30(36)17-25)19-37-38-34(40)32-16-13-28(44-32)21-42-27-11-9-26(10-12-27)39-22(2)5-6-23(39)3/h5-19H,4,20-21H2,1-3H3,(H,38,40)/b37-19+. The van der Waals surface area contributed by atoms with Crippen LogP contribution in [0.1, 0.15) is 45.8 Å². The van der Waals surface area contributed by atoms with Crippen molar-refractivity contribution in [1.82, 2.24) is 9.99 Å². The Morgan fingerprint density at radius 3 is 2.34 bits per heavy atom. The Morgan fingerprint density at radius 1 is 0.841 bits per heavy atom. The van der Waals surface area contributed by atoms with Crippen molar-refractivity contribution in [1.29, 1.82) is 0 Å². The first-order chi connectivity index (χ1) is 21.3. The van der Waals surface area contributed by atoms with Gasteiger partial charge in [-0.2, -0.15) is 5.10 Å². The molecule has 8 nitrogen and oxygen atoms in total. The van der Waals surface area contributed by atoms with Gasteiger partial charge in [0.25, 0.3) is 0 Å². The molecule has 2 aromatic heterocycles. The quantitative estimate of drug-likeness (QED) is 0.110. The van der Waals surface area contributed by atoms with Gasteiger partial charge in [-0.05, 0) is 111 Å². The number of aryl methyl sites for hydroxylation is 2. The van der Waals surface area contributed by atoms with E-state index in [0.29, 0.717) is 45.2 Å². The number of furan rings is 1. The lowest BCUT2D eigenvalue weighted by atomic mass is 10.2. The zero-order chi connectivity index (χ0) is 31.1. The molecule has 44 heavy (non-hydrogen) atoms. The van der Waals surface area contributed by atoms with Gasteiger partial charge >= 0.3 is 5.91 Å². The molecule has 5 aromatic rings. The molecule has 0 aliphatic rings. The van der Waals surface area contributed by atoms with Gasteiger partial charge < -0.3 is 23.2 Å². The van der Waals surface area contributed by atoms with Crippen LogP contribution in [0.4, 0.5) is 0 Å². The van der Waals surface area contributed by atoms with Gasteiger partial charge in [0.05, 0.1) is 22.9 Å². The molecule has 1 N–H and O–H groups in total. The van der Waals surface area contributed by atoms with E-state index in [1.54, 1.807) is 42.5 Å². The van der Waals surface area contributed by atoms with Crippen LogP contribution in [-0.4, -0.2) is 23.3 Å². The Hall–Kier alpha value is -4.66. The summed E-state index contributed by atoms with van der Waals surface area (Å²) < 4.78 is 25.4. The van der Waals surface area contributed by atoms with Gasteiger partial charge in [-0.25, -0.2) is 5.43 Å². The topological polar surface area (TPSA) is 87.2 Å². The van der Waals surface area contributed by atoms with Gasteiger partial charge in [0.1, 0.15) is 24.7 Å². The molecule has 226 valence electrons. The zero-order valence-electron chi connectivity index (χ0n) is 24.5. The number of halogens is 2. The fraction of sp³-hybridized carbons (Fsp3) is 0.176. The molecule has 0 radical (unpaired) electrons. The maximum atomic E-state index is 12.6. The fourth-order valence-corrected chi connectivity index (χ4v) is 4.82.